The number of nitrogens with one attached hydrogen (secondary N) is 1. The molecule has 31 heavy (non-hydrogen) atoms. The second-order valence-corrected chi connectivity index (χ2v) is 8.48. The molecule has 2 aromatic heterocycles. The van der Waals surface area contributed by atoms with Crippen molar-refractivity contribution in [2.45, 2.75) is 11.3 Å². The van der Waals surface area contributed by atoms with Gasteiger partial charge in [-0.2, -0.15) is 10.2 Å². The second kappa shape index (κ2) is 7.39. The minimum atomic E-state index is -4.79. The first kappa shape index (κ1) is 20.9. The molecule has 0 amide bonds. The van der Waals surface area contributed by atoms with Crippen molar-refractivity contribution in [2.24, 2.45) is 7.05 Å². The maximum atomic E-state index is 12.4. The third-order valence-electron chi connectivity index (χ3n) is 4.52. The highest BCUT2D eigenvalue weighted by Crippen LogP contribution is 2.32. The van der Waals surface area contributed by atoms with Crippen molar-refractivity contribution in [1.82, 2.24) is 24.3 Å². The Labute approximate surface area is 174 Å². The van der Waals surface area contributed by atoms with E-state index in [1.165, 1.54) is 48.1 Å². The fraction of sp³-hybridized carbons (Fsp3) is 0.158. The maximum Gasteiger partial charge on any atom is 0.573 e. The van der Waals surface area contributed by atoms with Gasteiger partial charge in [-0.3, -0.25) is 4.68 Å². The second-order valence-electron chi connectivity index (χ2n) is 6.59. The zero-order valence-electron chi connectivity index (χ0n) is 16.3. The Balaban J connectivity index is 1.88. The number of halogens is 3. The summed E-state index contributed by atoms with van der Waals surface area (Å²) in [7, 11) is -0.643. The minimum absolute atomic E-state index is 0.0566. The van der Waals surface area contributed by atoms with Crippen LogP contribution in [0.2, 0.25) is 0 Å². The van der Waals surface area contributed by atoms with E-state index in [2.05, 4.69) is 19.7 Å². The number of hydrogen-bond donors (Lipinski definition) is 1. The van der Waals surface area contributed by atoms with Crippen LogP contribution in [0.25, 0.3) is 27.8 Å². The molecule has 0 fully saturated rings. The van der Waals surface area contributed by atoms with Gasteiger partial charge in [0.2, 0.25) is 10.0 Å². The highest BCUT2D eigenvalue weighted by atomic mass is 32.2. The van der Waals surface area contributed by atoms with Crippen LogP contribution in [-0.4, -0.2) is 41.4 Å². The van der Waals surface area contributed by atoms with Gasteiger partial charge in [0.25, 0.3) is 0 Å². The van der Waals surface area contributed by atoms with Crippen LogP contribution in [0.15, 0.2) is 59.8 Å². The molecule has 0 aliphatic heterocycles. The molecule has 0 unspecified atom stereocenters. The van der Waals surface area contributed by atoms with E-state index in [1.54, 1.807) is 30.2 Å². The standard InChI is InChI=1S/C19H16F3N5O3S/c1-23-31(28,29)15-7-8-17-16(9-15)18(12-10-24-26(2)11-12)25-27(17)13-3-5-14(6-4-13)30-19(20,21)22/h3-11,23H,1-2H3. The van der Waals surface area contributed by atoms with Gasteiger partial charge in [0.1, 0.15) is 11.4 Å². The fourth-order valence-corrected chi connectivity index (χ4v) is 3.88. The number of sulfonamides is 1. The van der Waals surface area contributed by atoms with Gasteiger partial charge in [0, 0.05) is 24.2 Å². The zero-order valence-corrected chi connectivity index (χ0v) is 17.1. The molecule has 0 spiro atoms. The fourth-order valence-electron chi connectivity index (χ4n) is 3.12. The Morgan fingerprint density at radius 3 is 2.39 bits per heavy atom. The Morgan fingerprint density at radius 1 is 1.10 bits per heavy atom. The van der Waals surface area contributed by atoms with Gasteiger partial charge in [-0.25, -0.2) is 17.8 Å². The average Bonchev–Trinajstić information content (AvgIpc) is 3.30. The summed E-state index contributed by atoms with van der Waals surface area (Å²) in [5.74, 6) is -0.359. The Kier molecular flexibility index (Phi) is 4.98. The summed E-state index contributed by atoms with van der Waals surface area (Å²) < 4.78 is 71.1. The van der Waals surface area contributed by atoms with E-state index in [9.17, 15) is 21.6 Å². The van der Waals surface area contributed by atoms with E-state index >= 15 is 0 Å². The highest BCUT2D eigenvalue weighted by Gasteiger charge is 2.31. The Bertz CT molecular complexity index is 1360. The molecule has 8 nitrogen and oxygen atoms in total. The molecule has 0 radical (unpaired) electrons. The van der Waals surface area contributed by atoms with E-state index in [4.69, 9.17) is 0 Å². The van der Waals surface area contributed by atoms with Crippen molar-refractivity contribution in [3.05, 3.63) is 54.9 Å². The SMILES string of the molecule is CNS(=O)(=O)c1ccc2c(c1)c(-c1cnn(C)c1)nn2-c1ccc(OC(F)(F)F)cc1. The first-order valence-corrected chi connectivity index (χ1v) is 10.4. The van der Waals surface area contributed by atoms with Gasteiger partial charge in [-0.05, 0) is 49.5 Å². The van der Waals surface area contributed by atoms with Gasteiger partial charge in [-0.1, -0.05) is 0 Å². The normalized spacial score (nSPS) is 12.4. The third kappa shape index (κ3) is 4.11. The van der Waals surface area contributed by atoms with Crippen LogP contribution in [0, 0.1) is 0 Å². The average molecular weight is 451 g/mol. The van der Waals surface area contributed by atoms with Crippen LogP contribution < -0.4 is 9.46 Å². The molecule has 0 bridgehead atoms. The summed E-state index contributed by atoms with van der Waals surface area (Å²) in [5.41, 5.74) is 2.17. The molecule has 0 aliphatic rings. The van der Waals surface area contributed by atoms with Crippen LogP contribution in [0.4, 0.5) is 13.2 Å². The van der Waals surface area contributed by atoms with E-state index < -0.39 is 16.4 Å². The lowest BCUT2D eigenvalue weighted by atomic mass is 10.1. The number of aromatic nitrogens is 4. The summed E-state index contributed by atoms with van der Waals surface area (Å²) in [5, 5.41) is 9.25. The molecule has 12 heteroatoms. The van der Waals surface area contributed by atoms with Gasteiger partial charge in [-0.15, -0.1) is 13.2 Å². The maximum absolute atomic E-state index is 12.4. The number of hydrogen-bond acceptors (Lipinski definition) is 5. The van der Waals surface area contributed by atoms with E-state index in [0.29, 0.717) is 27.8 Å². The summed E-state index contributed by atoms with van der Waals surface area (Å²) >= 11 is 0. The van der Waals surface area contributed by atoms with Gasteiger partial charge >= 0.3 is 6.36 Å². The summed E-state index contributed by atoms with van der Waals surface area (Å²) in [6, 6.07) is 9.73. The summed E-state index contributed by atoms with van der Waals surface area (Å²) in [6.07, 6.45) is -1.47. The van der Waals surface area contributed by atoms with Crippen molar-refractivity contribution in [3.8, 4) is 22.7 Å². The predicted octanol–water partition coefficient (Wildman–Crippen LogP) is 3.23. The summed E-state index contributed by atoms with van der Waals surface area (Å²) in [4.78, 5) is 0.0566. The van der Waals surface area contributed by atoms with Crippen LogP contribution in [0.5, 0.6) is 5.75 Å². The number of alkyl halides is 3. The first-order chi connectivity index (χ1) is 14.6. The van der Waals surface area contributed by atoms with E-state index in [-0.39, 0.29) is 10.6 Å². The van der Waals surface area contributed by atoms with E-state index in [0.717, 1.165) is 0 Å². The molecule has 0 atom stereocenters. The number of ether oxygens (including phenoxy) is 1. The van der Waals surface area contributed by atoms with Crippen LogP contribution in [0.3, 0.4) is 0 Å². The van der Waals surface area contributed by atoms with Crippen LogP contribution in [0.1, 0.15) is 0 Å². The van der Waals surface area contributed by atoms with Crippen LogP contribution >= 0.6 is 0 Å². The van der Waals surface area contributed by atoms with Gasteiger partial charge in [0.05, 0.1) is 22.3 Å². The molecule has 0 aliphatic carbocycles. The number of nitrogens with zero attached hydrogens (tertiary/aromatic N) is 4. The largest absolute Gasteiger partial charge is 0.573 e. The molecule has 1 N–H and O–H groups in total. The lowest BCUT2D eigenvalue weighted by Gasteiger charge is -2.10. The lowest BCUT2D eigenvalue weighted by molar-refractivity contribution is -0.274. The molecule has 0 saturated carbocycles. The van der Waals surface area contributed by atoms with Crippen molar-refractivity contribution in [3.63, 3.8) is 0 Å². The Hall–Kier alpha value is -3.38. The van der Waals surface area contributed by atoms with Crippen LogP contribution in [-0.2, 0) is 17.1 Å². The predicted molar refractivity (Wildman–Crippen MR) is 106 cm³/mol. The van der Waals surface area contributed by atoms with Crippen molar-refractivity contribution < 1.29 is 26.3 Å². The van der Waals surface area contributed by atoms with E-state index in [1.807, 2.05) is 0 Å². The number of rotatable bonds is 5. The highest BCUT2D eigenvalue weighted by molar-refractivity contribution is 7.89. The third-order valence-corrected chi connectivity index (χ3v) is 5.94. The molecular weight excluding hydrogens is 435 g/mol. The lowest BCUT2D eigenvalue weighted by Crippen LogP contribution is -2.18. The molecule has 162 valence electrons. The molecule has 2 aromatic carbocycles. The smallest absolute Gasteiger partial charge is 0.406 e. The number of benzene rings is 2. The minimum Gasteiger partial charge on any atom is -0.406 e. The van der Waals surface area contributed by atoms with Crippen molar-refractivity contribution in [2.75, 3.05) is 7.05 Å². The van der Waals surface area contributed by atoms with Gasteiger partial charge in [0.15, 0.2) is 0 Å². The molecule has 2 heterocycles. The zero-order chi connectivity index (χ0) is 22.4. The first-order valence-electron chi connectivity index (χ1n) is 8.89. The number of aryl methyl sites for hydroxylation is 1. The van der Waals surface area contributed by atoms with Gasteiger partial charge < -0.3 is 4.74 Å². The Morgan fingerprint density at radius 2 is 1.81 bits per heavy atom. The molecule has 0 saturated heterocycles. The van der Waals surface area contributed by atoms with Crippen molar-refractivity contribution in [1.29, 1.82) is 0 Å². The monoisotopic (exact) mass is 451 g/mol. The molecule has 4 aromatic rings. The van der Waals surface area contributed by atoms with Crippen molar-refractivity contribution >= 4 is 20.9 Å². The molecule has 4 rings (SSSR count). The topological polar surface area (TPSA) is 91.0 Å². The number of fused-ring (bicyclic) bond motifs is 1. The quantitative estimate of drug-likeness (QED) is 0.503. The molecular formula is C19H16F3N5O3S. The summed E-state index contributed by atoms with van der Waals surface area (Å²) in [6.45, 7) is 0.